The Kier molecular flexibility index (Phi) is 4.30. The second kappa shape index (κ2) is 5.78. The largest absolute Gasteiger partial charge is 0.343 e. The molecule has 0 saturated carbocycles. The number of hydrogen-bond donors (Lipinski definition) is 2. The first-order valence-corrected chi connectivity index (χ1v) is 7.81. The molecule has 0 fully saturated rings. The average Bonchev–Trinajstić information content (AvgIpc) is 2.98. The highest BCUT2D eigenvalue weighted by molar-refractivity contribution is 7.91. The van der Waals surface area contributed by atoms with Crippen LogP contribution in [0.5, 0.6) is 0 Å². The van der Waals surface area contributed by atoms with Crippen molar-refractivity contribution in [2.45, 2.75) is 24.2 Å². The van der Waals surface area contributed by atoms with E-state index in [1.54, 1.807) is 6.07 Å². The zero-order chi connectivity index (χ0) is 13.9. The van der Waals surface area contributed by atoms with E-state index in [1.165, 1.54) is 11.3 Å². The van der Waals surface area contributed by atoms with Gasteiger partial charge in [-0.25, -0.2) is 13.1 Å². The molecule has 9 heteroatoms. The number of nitrogens with one attached hydrogen (secondary N) is 2. The molecule has 104 valence electrons. The van der Waals surface area contributed by atoms with Gasteiger partial charge in [0.25, 0.3) is 0 Å². The molecule has 7 nitrogen and oxygen atoms in total. The fraction of sp³-hybridized carbons (Fsp3) is 0.400. The number of hydrogen-bond acceptors (Lipinski definition) is 7. The molecule has 0 aromatic carbocycles. The Bertz CT molecular complexity index is 634. The minimum atomic E-state index is -3.54. The van der Waals surface area contributed by atoms with Gasteiger partial charge in [-0.15, -0.1) is 11.3 Å². The third-order valence-electron chi connectivity index (χ3n) is 2.43. The van der Waals surface area contributed by atoms with Gasteiger partial charge in [0.05, 0.1) is 6.54 Å². The predicted molar refractivity (Wildman–Crippen MR) is 70.1 cm³/mol. The van der Waals surface area contributed by atoms with Crippen LogP contribution in [0, 0.1) is 6.92 Å². The van der Waals surface area contributed by atoms with Gasteiger partial charge >= 0.3 is 0 Å². The zero-order valence-electron chi connectivity index (χ0n) is 10.5. The highest BCUT2D eigenvalue weighted by Gasteiger charge is 2.19. The molecule has 0 aliphatic carbocycles. The normalized spacial score (nSPS) is 11.9. The SMILES string of the molecule is CNCc1sc(S(=O)(=O)NCc2ncon2)cc1C. The van der Waals surface area contributed by atoms with Crippen molar-refractivity contribution in [3.63, 3.8) is 0 Å². The molecule has 0 aliphatic heterocycles. The number of aromatic nitrogens is 2. The van der Waals surface area contributed by atoms with Crippen molar-refractivity contribution in [3.05, 3.63) is 28.7 Å². The van der Waals surface area contributed by atoms with Crippen molar-refractivity contribution >= 4 is 21.4 Å². The second-order valence-corrected chi connectivity index (χ2v) is 7.00. The van der Waals surface area contributed by atoms with Crippen molar-refractivity contribution in [2.75, 3.05) is 7.05 Å². The number of nitrogens with zero attached hydrogens (tertiary/aromatic N) is 2. The predicted octanol–water partition coefficient (Wildman–Crippen LogP) is 0.637. The minimum absolute atomic E-state index is 0.0111. The smallest absolute Gasteiger partial charge is 0.250 e. The monoisotopic (exact) mass is 302 g/mol. The number of sulfonamides is 1. The van der Waals surface area contributed by atoms with Crippen LogP contribution in [0.15, 0.2) is 21.2 Å². The molecule has 0 amide bonds. The summed E-state index contributed by atoms with van der Waals surface area (Å²) in [5.41, 5.74) is 0.958. The summed E-state index contributed by atoms with van der Waals surface area (Å²) in [6, 6.07) is 1.66. The second-order valence-electron chi connectivity index (χ2n) is 3.87. The van der Waals surface area contributed by atoms with E-state index in [4.69, 9.17) is 0 Å². The molecule has 2 N–H and O–H groups in total. The van der Waals surface area contributed by atoms with Crippen LogP contribution in [-0.2, 0) is 23.1 Å². The summed E-state index contributed by atoms with van der Waals surface area (Å²) in [6.45, 7) is 2.55. The first kappa shape index (κ1) is 14.1. The molecule has 0 aliphatic rings. The lowest BCUT2D eigenvalue weighted by Crippen LogP contribution is -2.23. The number of thiophene rings is 1. The van der Waals surface area contributed by atoms with Crippen molar-refractivity contribution in [3.8, 4) is 0 Å². The van der Waals surface area contributed by atoms with E-state index in [0.29, 0.717) is 16.6 Å². The molecule has 0 bridgehead atoms. The molecular formula is C10H14N4O3S2. The summed E-state index contributed by atoms with van der Waals surface area (Å²) < 4.78 is 31.4. The number of rotatable bonds is 6. The zero-order valence-corrected chi connectivity index (χ0v) is 12.1. The maximum Gasteiger partial charge on any atom is 0.250 e. The summed E-state index contributed by atoms with van der Waals surface area (Å²) in [6.07, 6.45) is 1.16. The maximum atomic E-state index is 12.1. The lowest BCUT2D eigenvalue weighted by atomic mass is 10.3. The summed E-state index contributed by atoms with van der Waals surface area (Å²) in [5.74, 6) is 0.298. The summed E-state index contributed by atoms with van der Waals surface area (Å²) >= 11 is 1.25. The molecule has 19 heavy (non-hydrogen) atoms. The van der Waals surface area contributed by atoms with Gasteiger partial charge in [0.15, 0.2) is 5.82 Å². The van der Waals surface area contributed by atoms with Crippen LogP contribution in [0.4, 0.5) is 0 Å². The van der Waals surface area contributed by atoms with Crippen LogP contribution in [0.2, 0.25) is 0 Å². The van der Waals surface area contributed by atoms with Crippen LogP contribution in [0.3, 0.4) is 0 Å². The molecule has 2 rings (SSSR count). The van der Waals surface area contributed by atoms with E-state index in [0.717, 1.165) is 16.8 Å². The Hall–Kier alpha value is -1.29. The third kappa shape index (κ3) is 3.38. The Morgan fingerprint density at radius 3 is 2.84 bits per heavy atom. The molecule has 0 saturated heterocycles. The van der Waals surface area contributed by atoms with Crippen molar-refractivity contribution in [1.82, 2.24) is 20.2 Å². The van der Waals surface area contributed by atoms with Crippen LogP contribution in [-0.4, -0.2) is 25.6 Å². The van der Waals surface area contributed by atoms with E-state index >= 15 is 0 Å². The number of aryl methyl sites for hydroxylation is 1. The molecule has 2 aromatic heterocycles. The Balaban J connectivity index is 2.12. The van der Waals surface area contributed by atoms with Gasteiger partial charge in [0, 0.05) is 11.4 Å². The van der Waals surface area contributed by atoms with Crippen LogP contribution < -0.4 is 10.0 Å². The standard InChI is InChI=1S/C10H14N4O3S2/c1-7-3-10(18-8(7)4-11-2)19(15,16)13-5-9-12-6-17-14-9/h3,6,11,13H,4-5H2,1-2H3. The topological polar surface area (TPSA) is 97.1 Å². The molecule has 0 unspecified atom stereocenters. The Labute approximate surface area is 115 Å². The molecular weight excluding hydrogens is 288 g/mol. The summed E-state index contributed by atoms with van der Waals surface area (Å²) in [4.78, 5) is 4.76. The fourth-order valence-corrected chi connectivity index (χ4v) is 4.08. The maximum absolute atomic E-state index is 12.1. The molecule has 0 spiro atoms. The van der Waals surface area contributed by atoms with Crippen molar-refractivity contribution in [1.29, 1.82) is 0 Å². The first-order valence-electron chi connectivity index (χ1n) is 5.52. The molecule has 2 heterocycles. The van der Waals surface area contributed by atoms with Gasteiger partial charge in [0.1, 0.15) is 4.21 Å². The van der Waals surface area contributed by atoms with Gasteiger partial charge < -0.3 is 9.84 Å². The molecule has 0 radical (unpaired) electrons. The van der Waals surface area contributed by atoms with E-state index in [-0.39, 0.29) is 6.54 Å². The van der Waals surface area contributed by atoms with Crippen molar-refractivity contribution in [2.24, 2.45) is 0 Å². The molecule has 2 aromatic rings. The van der Waals surface area contributed by atoms with Crippen LogP contribution in [0.1, 0.15) is 16.3 Å². The van der Waals surface area contributed by atoms with E-state index in [2.05, 4.69) is 24.7 Å². The van der Waals surface area contributed by atoms with Gasteiger partial charge in [-0.05, 0) is 25.6 Å². The fourth-order valence-electron chi connectivity index (χ4n) is 1.46. The van der Waals surface area contributed by atoms with Crippen LogP contribution in [0.25, 0.3) is 0 Å². The summed E-state index contributed by atoms with van der Waals surface area (Å²) in [7, 11) is -1.72. The van der Waals surface area contributed by atoms with Crippen LogP contribution >= 0.6 is 11.3 Å². The first-order chi connectivity index (χ1) is 9.03. The third-order valence-corrected chi connectivity index (χ3v) is 5.54. The van der Waals surface area contributed by atoms with Gasteiger partial charge in [-0.2, -0.15) is 4.98 Å². The van der Waals surface area contributed by atoms with E-state index < -0.39 is 10.0 Å². The quantitative estimate of drug-likeness (QED) is 0.812. The molecule has 0 atom stereocenters. The summed E-state index contributed by atoms with van der Waals surface area (Å²) in [5, 5.41) is 6.55. The van der Waals surface area contributed by atoms with E-state index in [1.807, 2.05) is 14.0 Å². The van der Waals surface area contributed by atoms with Gasteiger partial charge in [-0.3, -0.25) is 0 Å². The van der Waals surface area contributed by atoms with E-state index in [9.17, 15) is 8.42 Å². The van der Waals surface area contributed by atoms with Gasteiger partial charge in [0.2, 0.25) is 16.4 Å². The lowest BCUT2D eigenvalue weighted by Gasteiger charge is -2.01. The Morgan fingerprint density at radius 2 is 2.21 bits per heavy atom. The van der Waals surface area contributed by atoms with Crippen molar-refractivity contribution < 1.29 is 12.9 Å². The Morgan fingerprint density at radius 1 is 1.42 bits per heavy atom. The lowest BCUT2D eigenvalue weighted by molar-refractivity contribution is 0.409. The highest BCUT2D eigenvalue weighted by Crippen LogP contribution is 2.25. The average molecular weight is 302 g/mol. The highest BCUT2D eigenvalue weighted by atomic mass is 32.2. The minimum Gasteiger partial charge on any atom is -0.343 e. The van der Waals surface area contributed by atoms with Gasteiger partial charge in [-0.1, -0.05) is 5.16 Å².